The summed E-state index contributed by atoms with van der Waals surface area (Å²) in [5.41, 5.74) is 1.17. The van der Waals surface area contributed by atoms with Gasteiger partial charge in [-0.3, -0.25) is 4.31 Å². The van der Waals surface area contributed by atoms with Gasteiger partial charge in [-0.15, -0.1) is 11.3 Å². The van der Waals surface area contributed by atoms with Gasteiger partial charge in [0.2, 0.25) is 10.0 Å². The monoisotopic (exact) mass is 537 g/mol. The number of hydrogen-bond donors (Lipinski definition) is 1. The van der Waals surface area contributed by atoms with Crippen molar-refractivity contribution in [2.75, 3.05) is 23.3 Å². The van der Waals surface area contributed by atoms with Crippen LogP contribution in [0, 0.1) is 0 Å². The van der Waals surface area contributed by atoms with Crippen molar-refractivity contribution in [3.63, 3.8) is 0 Å². The Labute approximate surface area is 219 Å². The zero-order valence-corrected chi connectivity index (χ0v) is 23.4. The Balaban J connectivity index is 1.64. The average Bonchev–Trinajstić information content (AvgIpc) is 3.43. The number of nitrogens with zero attached hydrogens (tertiary/aromatic N) is 1. The molecule has 0 spiro atoms. The van der Waals surface area contributed by atoms with Crippen LogP contribution in [0.15, 0.2) is 36.4 Å². The van der Waals surface area contributed by atoms with Crippen molar-refractivity contribution in [3.05, 3.63) is 51.7 Å². The third kappa shape index (κ3) is 6.88. The predicted octanol–water partition coefficient (Wildman–Crippen LogP) is 5.27. The molecule has 0 radical (unpaired) electrons. The number of aliphatic hydroxyl groups excluding tert-OH is 1. The number of esters is 1. The van der Waals surface area contributed by atoms with Gasteiger partial charge in [0.1, 0.15) is 4.88 Å². The Bertz CT molecular complexity index is 1090. The molecule has 1 aromatic carbocycles. The van der Waals surface area contributed by atoms with E-state index in [1.54, 1.807) is 13.0 Å². The van der Waals surface area contributed by atoms with Gasteiger partial charge < -0.3 is 14.6 Å². The molecule has 1 N–H and O–H groups in total. The first-order chi connectivity index (χ1) is 17.1. The number of ether oxygens (including phenoxy) is 2. The van der Waals surface area contributed by atoms with Crippen molar-refractivity contribution in [2.24, 2.45) is 0 Å². The molecular formula is C27H39NO6S2. The maximum Gasteiger partial charge on any atom is 0.348 e. The van der Waals surface area contributed by atoms with E-state index in [0.29, 0.717) is 30.2 Å². The number of sulfonamides is 1. The second-order valence-corrected chi connectivity index (χ2v) is 13.0. The van der Waals surface area contributed by atoms with E-state index >= 15 is 0 Å². The maximum atomic E-state index is 12.9. The fourth-order valence-corrected chi connectivity index (χ4v) is 7.16. The summed E-state index contributed by atoms with van der Waals surface area (Å²) < 4.78 is 38.1. The van der Waals surface area contributed by atoms with E-state index in [0.717, 1.165) is 36.1 Å². The van der Waals surface area contributed by atoms with Crippen molar-refractivity contribution >= 4 is 33.0 Å². The zero-order chi connectivity index (χ0) is 26.3. The number of carbonyl (C=O) groups excluding carboxylic acids is 1. The van der Waals surface area contributed by atoms with E-state index in [1.165, 1.54) is 15.6 Å². The summed E-state index contributed by atoms with van der Waals surface area (Å²) in [6.07, 6.45) is 3.97. The molecule has 36 heavy (non-hydrogen) atoms. The van der Waals surface area contributed by atoms with Gasteiger partial charge in [0.15, 0.2) is 0 Å². The smallest absolute Gasteiger partial charge is 0.348 e. The van der Waals surface area contributed by atoms with Gasteiger partial charge in [-0.25, -0.2) is 13.2 Å². The summed E-state index contributed by atoms with van der Waals surface area (Å²) >= 11 is 1.32. The Hall–Kier alpha value is -1.94. The van der Waals surface area contributed by atoms with Gasteiger partial charge in [-0.05, 0) is 49.6 Å². The normalized spacial score (nSPS) is 18.4. The van der Waals surface area contributed by atoms with E-state index in [1.807, 2.05) is 44.2 Å². The molecule has 0 aliphatic carbocycles. The van der Waals surface area contributed by atoms with E-state index < -0.39 is 21.5 Å². The highest BCUT2D eigenvalue weighted by Gasteiger charge is 2.38. The number of anilines is 1. The molecule has 1 saturated heterocycles. The van der Waals surface area contributed by atoms with Crippen LogP contribution in [0.2, 0.25) is 0 Å². The minimum atomic E-state index is -3.43. The second-order valence-electron chi connectivity index (χ2n) is 9.84. The lowest BCUT2D eigenvalue weighted by Gasteiger charge is -2.32. The van der Waals surface area contributed by atoms with Gasteiger partial charge in [0.25, 0.3) is 0 Å². The number of rotatable bonds is 13. The average molecular weight is 538 g/mol. The Morgan fingerprint density at radius 3 is 2.56 bits per heavy atom. The maximum absolute atomic E-state index is 12.9. The lowest BCUT2D eigenvalue weighted by atomic mass is 9.77. The summed E-state index contributed by atoms with van der Waals surface area (Å²) in [6, 6.07) is 10.8. The van der Waals surface area contributed by atoms with Crippen molar-refractivity contribution in [3.8, 4) is 0 Å². The second kappa shape index (κ2) is 12.5. The first-order valence-electron chi connectivity index (χ1n) is 12.7. The summed E-state index contributed by atoms with van der Waals surface area (Å²) in [7, 11) is -3.43. The highest BCUT2D eigenvalue weighted by atomic mass is 32.2. The SMILES string of the molecule is CCCCCC(O)C(C)(C)c1ccc(N2C(COCc3ccc(C(=O)OCC)s3)CCS2(=O)=O)cc1. The highest BCUT2D eigenvalue weighted by molar-refractivity contribution is 7.93. The molecule has 2 unspecified atom stereocenters. The molecule has 1 aliphatic heterocycles. The molecule has 3 rings (SSSR count). The molecule has 2 heterocycles. The Morgan fingerprint density at radius 2 is 1.89 bits per heavy atom. The van der Waals surface area contributed by atoms with Crippen LogP contribution in [0.25, 0.3) is 0 Å². The van der Waals surface area contributed by atoms with Crippen molar-refractivity contribution < 1.29 is 27.8 Å². The third-order valence-corrected chi connectivity index (χ3v) is 9.71. The van der Waals surface area contributed by atoms with E-state index in [2.05, 4.69) is 6.92 Å². The van der Waals surface area contributed by atoms with Crippen LogP contribution < -0.4 is 4.31 Å². The highest BCUT2D eigenvalue weighted by Crippen LogP contribution is 2.34. The van der Waals surface area contributed by atoms with Gasteiger partial charge in [-0.2, -0.15) is 0 Å². The number of hydrogen-bond acceptors (Lipinski definition) is 7. The van der Waals surface area contributed by atoms with Crippen LogP contribution in [0.4, 0.5) is 5.69 Å². The van der Waals surface area contributed by atoms with Crippen LogP contribution in [0.3, 0.4) is 0 Å². The van der Waals surface area contributed by atoms with Crippen LogP contribution in [-0.2, 0) is 31.5 Å². The topological polar surface area (TPSA) is 93.1 Å². The third-order valence-electron chi connectivity index (χ3n) is 6.81. The molecule has 9 heteroatoms. The van der Waals surface area contributed by atoms with Gasteiger partial charge >= 0.3 is 5.97 Å². The summed E-state index contributed by atoms with van der Waals surface area (Å²) in [5.74, 6) is -0.266. The molecule has 1 aliphatic rings. The summed E-state index contributed by atoms with van der Waals surface area (Å²) in [6.45, 7) is 8.85. The quantitative estimate of drug-likeness (QED) is 0.276. The van der Waals surface area contributed by atoms with E-state index in [9.17, 15) is 18.3 Å². The van der Waals surface area contributed by atoms with Crippen LogP contribution in [0.1, 0.15) is 79.9 Å². The minimum Gasteiger partial charge on any atom is -0.462 e. The summed E-state index contributed by atoms with van der Waals surface area (Å²) in [5, 5.41) is 10.8. The Kier molecular flexibility index (Phi) is 9.97. The fourth-order valence-electron chi connectivity index (χ4n) is 4.49. The molecule has 200 valence electrons. The van der Waals surface area contributed by atoms with Crippen molar-refractivity contribution in [1.29, 1.82) is 0 Å². The van der Waals surface area contributed by atoms with Crippen LogP contribution in [0.5, 0.6) is 0 Å². The molecule has 0 bridgehead atoms. The lowest BCUT2D eigenvalue weighted by molar-refractivity contribution is 0.0532. The molecule has 7 nitrogen and oxygen atoms in total. The minimum absolute atomic E-state index is 0.0798. The molecule has 1 aromatic heterocycles. The lowest BCUT2D eigenvalue weighted by Crippen LogP contribution is -2.36. The number of thiophene rings is 1. The predicted molar refractivity (Wildman–Crippen MR) is 144 cm³/mol. The summed E-state index contributed by atoms with van der Waals surface area (Å²) in [4.78, 5) is 13.3. The van der Waals surface area contributed by atoms with Crippen molar-refractivity contribution in [1.82, 2.24) is 0 Å². The number of carbonyl (C=O) groups is 1. The number of unbranched alkanes of at least 4 members (excludes halogenated alkanes) is 2. The fraction of sp³-hybridized carbons (Fsp3) is 0.593. The van der Waals surface area contributed by atoms with E-state index in [-0.39, 0.29) is 24.4 Å². The number of aliphatic hydroxyl groups is 1. The molecule has 0 amide bonds. The molecule has 2 aromatic rings. The molecule has 1 fully saturated rings. The largest absolute Gasteiger partial charge is 0.462 e. The first kappa shape index (κ1) is 28.6. The van der Waals surface area contributed by atoms with Crippen molar-refractivity contribution in [2.45, 2.75) is 84.0 Å². The standard InChI is InChI=1S/C27H39NO6S2/c1-5-7-8-9-25(29)27(3,4)20-10-12-21(13-11-20)28-22(16-17-36(28,31)32)18-33-19-23-14-15-24(35-23)26(30)34-6-2/h10-15,22,25,29H,5-9,16-19H2,1-4H3. The van der Waals surface area contributed by atoms with Gasteiger partial charge in [0, 0.05) is 10.3 Å². The van der Waals surface area contributed by atoms with E-state index in [4.69, 9.17) is 9.47 Å². The Morgan fingerprint density at radius 1 is 1.17 bits per heavy atom. The van der Waals surface area contributed by atoms with Gasteiger partial charge in [-0.1, -0.05) is 52.2 Å². The molecular weight excluding hydrogens is 498 g/mol. The molecule has 0 saturated carbocycles. The molecule has 2 atom stereocenters. The zero-order valence-electron chi connectivity index (χ0n) is 21.7. The van der Waals surface area contributed by atoms with Gasteiger partial charge in [0.05, 0.1) is 43.4 Å². The van der Waals surface area contributed by atoms with Crippen LogP contribution >= 0.6 is 11.3 Å². The number of benzene rings is 1. The van der Waals surface area contributed by atoms with Crippen LogP contribution in [-0.4, -0.2) is 50.6 Å². The first-order valence-corrected chi connectivity index (χ1v) is 15.2.